The van der Waals surface area contributed by atoms with E-state index in [-0.39, 0.29) is 18.1 Å². The zero-order valence-corrected chi connectivity index (χ0v) is 11.1. The molecular formula is C10H14BrNO2S. The van der Waals surface area contributed by atoms with Gasteiger partial charge in [0.25, 0.3) is 5.91 Å². The summed E-state index contributed by atoms with van der Waals surface area (Å²) in [4.78, 5) is 11.7. The van der Waals surface area contributed by atoms with E-state index < -0.39 is 0 Å². The molecule has 1 aromatic rings. The molecule has 15 heavy (non-hydrogen) atoms. The number of aliphatic hydroxyl groups is 1. The molecule has 0 spiro atoms. The molecule has 0 aromatic carbocycles. The van der Waals surface area contributed by atoms with Crippen molar-refractivity contribution in [3.05, 3.63) is 20.8 Å². The van der Waals surface area contributed by atoms with E-state index in [2.05, 4.69) is 21.2 Å². The zero-order valence-electron chi connectivity index (χ0n) is 8.71. The van der Waals surface area contributed by atoms with Crippen molar-refractivity contribution in [1.82, 2.24) is 5.32 Å². The van der Waals surface area contributed by atoms with Crippen molar-refractivity contribution in [3.63, 3.8) is 0 Å². The average molecular weight is 292 g/mol. The van der Waals surface area contributed by atoms with Gasteiger partial charge in [0.2, 0.25) is 0 Å². The molecule has 1 heterocycles. The number of thiophene rings is 1. The van der Waals surface area contributed by atoms with Crippen LogP contribution in [0.4, 0.5) is 0 Å². The molecule has 0 saturated heterocycles. The van der Waals surface area contributed by atoms with Crippen molar-refractivity contribution >= 4 is 33.2 Å². The molecule has 0 aliphatic carbocycles. The summed E-state index contributed by atoms with van der Waals surface area (Å²) >= 11 is 4.79. The van der Waals surface area contributed by atoms with E-state index in [9.17, 15) is 4.79 Å². The maximum Gasteiger partial charge on any atom is 0.252 e. The van der Waals surface area contributed by atoms with Gasteiger partial charge in [-0.2, -0.15) is 0 Å². The summed E-state index contributed by atoms with van der Waals surface area (Å²) in [7, 11) is 0. The van der Waals surface area contributed by atoms with E-state index in [1.165, 1.54) is 11.3 Å². The molecule has 84 valence electrons. The quantitative estimate of drug-likeness (QED) is 0.895. The van der Waals surface area contributed by atoms with Crippen LogP contribution in [0.25, 0.3) is 0 Å². The number of nitrogens with one attached hydrogen (secondary N) is 1. The highest BCUT2D eigenvalue weighted by molar-refractivity contribution is 9.11. The minimum atomic E-state index is -0.375. The number of hydrogen-bond donors (Lipinski definition) is 2. The summed E-state index contributed by atoms with van der Waals surface area (Å²) in [6, 6.07) is 1.79. The summed E-state index contributed by atoms with van der Waals surface area (Å²) in [5.74, 6) is -0.101. The Labute approximate surface area is 102 Å². The Hall–Kier alpha value is -0.390. The monoisotopic (exact) mass is 291 g/mol. The molecule has 2 N–H and O–H groups in total. The van der Waals surface area contributed by atoms with Gasteiger partial charge >= 0.3 is 0 Å². The van der Waals surface area contributed by atoms with E-state index in [1.54, 1.807) is 11.4 Å². The second-order valence-electron chi connectivity index (χ2n) is 3.95. The van der Waals surface area contributed by atoms with Gasteiger partial charge in [-0.05, 0) is 42.3 Å². The Bertz CT molecular complexity index is 349. The number of hydrogen-bond acceptors (Lipinski definition) is 3. The van der Waals surface area contributed by atoms with Gasteiger partial charge in [-0.25, -0.2) is 0 Å². The molecule has 1 rings (SSSR count). The molecule has 1 aromatic heterocycles. The van der Waals surface area contributed by atoms with Gasteiger partial charge in [0, 0.05) is 17.5 Å². The largest absolute Gasteiger partial charge is 0.396 e. The highest BCUT2D eigenvalue weighted by Crippen LogP contribution is 2.21. The summed E-state index contributed by atoms with van der Waals surface area (Å²) in [6.45, 7) is 3.85. The van der Waals surface area contributed by atoms with Gasteiger partial charge in [0.05, 0.1) is 9.35 Å². The summed E-state index contributed by atoms with van der Waals surface area (Å²) in [5.41, 5.74) is 0.276. The van der Waals surface area contributed by atoms with Gasteiger partial charge < -0.3 is 10.4 Å². The van der Waals surface area contributed by atoms with Gasteiger partial charge in [0.15, 0.2) is 0 Å². The maximum atomic E-state index is 11.7. The van der Waals surface area contributed by atoms with E-state index in [4.69, 9.17) is 5.11 Å². The molecule has 0 fully saturated rings. The van der Waals surface area contributed by atoms with Crippen molar-refractivity contribution in [2.24, 2.45) is 0 Å². The predicted octanol–water partition coefficient (Wildman–Crippen LogP) is 2.40. The minimum Gasteiger partial charge on any atom is -0.396 e. The van der Waals surface area contributed by atoms with E-state index in [0.717, 1.165) is 3.79 Å². The van der Waals surface area contributed by atoms with Crippen molar-refractivity contribution in [2.75, 3.05) is 6.61 Å². The normalized spacial score (nSPS) is 11.5. The Morgan fingerprint density at radius 3 is 2.80 bits per heavy atom. The molecule has 5 heteroatoms. The van der Waals surface area contributed by atoms with E-state index in [0.29, 0.717) is 12.0 Å². The third-order valence-electron chi connectivity index (χ3n) is 2.02. The first-order valence-corrected chi connectivity index (χ1v) is 6.29. The van der Waals surface area contributed by atoms with Crippen molar-refractivity contribution in [2.45, 2.75) is 25.8 Å². The smallest absolute Gasteiger partial charge is 0.252 e. The molecular weight excluding hydrogens is 278 g/mol. The first-order valence-electron chi connectivity index (χ1n) is 4.62. The molecule has 0 bridgehead atoms. The van der Waals surface area contributed by atoms with Gasteiger partial charge in [0.1, 0.15) is 0 Å². The lowest BCUT2D eigenvalue weighted by molar-refractivity contribution is 0.0900. The fraction of sp³-hybridized carbons (Fsp3) is 0.500. The van der Waals surface area contributed by atoms with Crippen LogP contribution in [0.1, 0.15) is 30.6 Å². The number of carbonyl (C=O) groups is 1. The topological polar surface area (TPSA) is 49.3 Å². The maximum absolute atomic E-state index is 11.7. The van der Waals surface area contributed by atoms with Crippen LogP contribution in [0.5, 0.6) is 0 Å². The van der Waals surface area contributed by atoms with Crippen LogP contribution in [-0.2, 0) is 0 Å². The lowest BCUT2D eigenvalue weighted by Gasteiger charge is -2.25. The fourth-order valence-corrected chi connectivity index (χ4v) is 2.29. The molecule has 1 amide bonds. The lowest BCUT2D eigenvalue weighted by atomic mass is 10.0. The molecule has 0 unspecified atom stereocenters. The van der Waals surface area contributed by atoms with Crippen LogP contribution in [0.15, 0.2) is 15.2 Å². The summed E-state index contributed by atoms with van der Waals surface area (Å²) in [6.07, 6.45) is 0.546. The van der Waals surface area contributed by atoms with Crippen molar-refractivity contribution in [3.8, 4) is 0 Å². The van der Waals surface area contributed by atoms with Crippen molar-refractivity contribution in [1.29, 1.82) is 0 Å². The third-order valence-corrected chi connectivity index (χ3v) is 3.52. The first-order chi connectivity index (χ1) is 6.94. The third kappa shape index (κ3) is 3.93. The number of amides is 1. The SMILES string of the molecule is CC(C)(CCO)NC(=O)c1csc(Br)c1. The Kier molecular flexibility index (Phi) is 4.31. The first kappa shape index (κ1) is 12.7. The second-order valence-corrected chi connectivity index (χ2v) is 6.24. The molecule has 0 aliphatic heterocycles. The second kappa shape index (κ2) is 5.09. The number of aliphatic hydroxyl groups excluding tert-OH is 1. The summed E-state index contributed by atoms with van der Waals surface area (Å²) < 4.78 is 0.938. The van der Waals surface area contributed by atoms with Gasteiger partial charge in [-0.3, -0.25) is 4.79 Å². The standard InChI is InChI=1S/C10H14BrNO2S/c1-10(2,3-4-13)12-9(14)7-5-8(11)15-6-7/h5-6,13H,3-4H2,1-2H3,(H,12,14). The highest BCUT2D eigenvalue weighted by atomic mass is 79.9. The van der Waals surface area contributed by atoms with Gasteiger partial charge in [-0.15, -0.1) is 11.3 Å². The minimum absolute atomic E-state index is 0.0701. The number of rotatable bonds is 4. The van der Waals surface area contributed by atoms with Gasteiger partial charge in [-0.1, -0.05) is 0 Å². The van der Waals surface area contributed by atoms with Crippen LogP contribution in [0.3, 0.4) is 0 Å². The zero-order chi connectivity index (χ0) is 11.5. The molecule has 0 saturated carbocycles. The predicted molar refractivity (Wildman–Crippen MR) is 65.3 cm³/mol. The molecule has 3 nitrogen and oxygen atoms in total. The Balaban J connectivity index is 2.63. The van der Waals surface area contributed by atoms with Crippen LogP contribution >= 0.6 is 27.3 Å². The molecule has 0 radical (unpaired) electrons. The molecule has 0 aliphatic rings. The Morgan fingerprint density at radius 2 is 2.33 bits per heavy atom. The Morgan fingerprint density at radius 1 is 1.67 bits per heavy atom. The highest BCUT2D eigenvalue weighted by Gasteiger charge is 2.20. The molecule has 0 atom stereocenters. The average Bonchev–Trinajstić information content (AvgIpc) is 2.50. The van der Waals surface area contributed by atoms with E-state index in [1.807, 2.05) is 13.8 Å². The fourth-order valence-electron chi connectivity index (χ4n) is 1.15. The van der Waals surface area contributed by atoms with Crippen LogP contribution < -0.4 is 5.32 Å². The van der Waals surface area contributed by atoms with Crippen molar-refractivity contribution < 1.29 is 9.90 Å². The number of halogens is 1. The van der Waals surface area contributed by atoms with Crippen LogP contribution in [-0.4, -0.2) is 23.2 Å². The van der Waals surface area contributed by atoms with Crippen LogP contribution in [0.2, 0.25) is 0 Å². The lowest BCUT2D eigenvalue weighted by Crippen LogP contribution is -2.43. The van der Waals surface area contributed by atoms with E-state index >= 15 is 0 Å². The summed E-state index contributed by atoms with van der Waals surface area (Å²) in [5, 5.41) is 13.5. The van der Waals surface area contributed by atoms with Crippen LogP contribution in [0, 0.1) is 0 Å². The number of carbonyl (C=O) groups excluding carboxylic acids is 1.